The second-order valence-corrected chi connectivity index (χ2v) is 5.14. The van der Waals surface area contributed by atoms with Crippen LogP contribution in [0.4, 0.5) is 4.39 Å². The van der Waals surface area contributed by atoms with Crippen molar-refractivity contribution < 1.29 is 9.13 Å². The lowest BCUT2D eigenvalue weighted by molar-refractivity contribution is -0.0224. The number of imidazole rings is 1. The highest BCUT2D eigenvalue weighted by atomic mass is 127. The van der Waals surface area contributed by atoms with Crippen molar-refractivity contribution >= 4 is 33.6 Å². The molecule has 1 fully saturated rings. The van der Waals surface area contributed by atoms with Crippen molar-refractivity contribution in [2.24, 2.45) is 0 Å². The molecule has 1 aliphatic rings. The van der Waals surface area contributed by atoms with Crippen LogP contribution in [0.3, 0.4) is 0 Å². The Labute approximate surface area is 106 Å². The molecule has 0 bridgehead atoms. The van der Waals surface area contributed by atoms with E-state index in [0.717, 1.165) is 16.9 Å². The molecule has 0 amide bonds. The van der Waals surface area contributed by atoms with Gasteiger partial charge in [0.15, 0.2) is 0 Å². The first-order chi connectivity index (χ1) is 7.66. The quantitative estimate of drug-likeness (QED) is 0.751. The number of fused-ring (bicyclic) bond motifs is 1. The number of benzene rings is 1. The van der Waals surface area contributed by atoms with E-state index in [1.165, 1.54) is 0 Å². The van der Waals surface area contributed by atoms with Crippen molar-refractivity contribution in [3.63, 3.8) is 0 Å². The number of hydrogen-bond donors (Lipinski definition) is 0. The van der Waals surface area contributed by atoms with Gasteiger partial charge in [0.25, 0.3) is 0 Å². The van der Waals surface area contributed by atoms with Crippen molar-refractivity contribution in [1.82, 2.24) is 9.55 Å². The second kappa shape index (κ2) is 3.66. The zero-order valence-electron chi connectivity index (χ0n) is 8.70. The molecule has 0 radical (unpaired) electrons. The van der Waals surface area contributed by atoms with Crippen LogP contribution in [0.5, 0.6) is 0 Å². The highest BCUT2D eigenvalue weighted by Gasteiger charge is 2.24. The standard InChI is InChI=1S/C11H10FIN2O/c1-6-14-10-3-9(13)8(12)2-11(10)15(6)7-4-16-5-7/h2-3,7H,4-5H2,1H3. The summed E-state index contributed by atoms with van der Waals surface area (Å²) in [5, 5.41) is 0. The molecule has 3 nitrogen and oxygen atoms in total. The third kappa shape index (κ3) is 1.45. The van der Waals surface area contributed by atoms with E-state index in [2.05, 4.69) is 9.55 Å². The van der Waals surface area contributed by atoms with Crippen LogP contribution >= 0.6 is 22.6 Å². The Morgan fingerprint density at radius 3 is 2.88 bits per heavy atom. The normalized spacial score (nSPS) is 16.7. The van der Waals surface area contributed by atoms with Crippen molar-refractivity contribution in [1.29, 1.82) is 0 Å². The first kappa shape index (κ1) is 10.5. The number of hydrogen-bond acceptors (Lipinski definition) is 2. The molecule has 16 heavy (non-hydrogen) atoms. The highest BCUT2D eigenvalue weighted by molar-refractivity contribution is 14.1. The van der Waals surface area contributed by atoms with Gasteiger partial charge >= 0.3 is 0 Å². The summed E-state index contributed by atoms with van der Waals surface area (Å²) in [7, 11) is 0. The molecule has 1 aromatic carbocycles. The van der Waals surface area contributed by atoms with Crippen LogP contribution in [0.1, 0.15) is 11.9 Å². The van der Waals surface area contributed by atoms with E-state index < -0.39 is 0 Å². The molecule has 1 saturated heterocycles. The smallest absolute Gasteiger partial charge is 0.138 e. The van der Waals surface area contributed by atoms with Gasteiger partial charge in [-0.15, -0.1) is 0 Å². The van der Waals surface area contributed by atoms with Crippen LogP contribution in [-0.4, -0.2) is 22.8 Å². The van der Waals surface area contributed by atoms with E-state index in [-0.39, 0.29) is 5.82 Å². The summed E-state index contributed by atoms with van der Waals surface area (Å²) in [6.45, 7) is 3.34. The summed E-state index contributed by atoms with van der Waals surface area (Å²) in [5.41, 5.74) is 1.72. The van der Waals surface area contributed by atoms with Gasteiger partial charge in [0.2, 0.25) is 0 Å². The molecule has 84 valence electrons. The second-order valence-electron chi connectivity index (χ2n) is 3.98. The number of ether oxygens (including phenoxy) is 1. The molecule has 0 atom stereocenters. The van der Waals surface area contributed by atoms with Gasteiger partial charge in [0.05, 0.1) is 33.9 Å². The summed E-state index contributed by atoms with van der Waals surface area (Å²) in [5.74, 6) is 0.735. The Morgan fingerprint density at radius 1 is 1.50 bits per heavy atom. The predicted octanol–water partition coefficient (Wildman–Crippen LogP) is 2.66. The maximum Gasteiger partial charge on any atom is 0.138 e. The Hall–Kier alpha value is -0.690. The van der Waals surface area contributed by atoms with E-state index in [9.17, 15) is 4.39 Å². The summed E-state index contributed by atoms with van der Waals surface area (Å²) in [4.78, 5) is 4.45. The van der Waals surface area contributed by atoms with Gasteiger partial charge in [-0.3, -0.25) is 0 Å². The van der Waals surface area contributed by atoms with Crippen LogP contribution in [0.15, 0.2) is 12.1 Å². The molecule has 0 spiro atoms. The first-order valence-corrected chi connectivity index (χ1v) is 6.16. The van der Waals surface area contributed by atoms with Crippen LogP contribution < -0.4 is 0 Å². The van der Waals surface area contributed by atoms with E-state index in [1.807, 2.05) is 29.5 Å². The molecule has 2 heterocycles. The Balaban J connectivity index is 2.26. The molecule has 5 heteroatoms. The first-order valence-electron chi connectivity index (χ1n) is 5.08. The van der Waals surface area contributed by atoms with Gasteiger partial charge in [-0.05, 0) is 35.6 Å². The topological polar surface area (TPSA) is 27.1 Å². The molecular weight excluding hydrogens is 322 g/mol. The summed E-state index contributed by atoms with van der Waals surface area (Å²) >= 11 is 1.99. The van der Waals surface area contributed by atoms with Gasteiger partial charge in [0, 0.05) is 6.07 Å². The Kier molecular flexibility index (Phi) is 2.39. The zero-order chi connectivity index (χ0) is 11.3. The SMILES string of the molecule is Cc1nc2cc(I)c(F)cc2n1C1COC1. The minimum absolute atomic E-state index is 0.186. The molecule has 2 aromatic rings. The predicted molar refractivity (Wildman–Crippen MR) is 67.0 cm³/mol. The summed E-state index contributed by atoms with van der Waals surface area (Å²) in [6, 6.07) is 3.66. The maximum absolute atomic E-state index is 13.5. The lowest BCUT2D eigenvalue weighted by atomic mass is 10.2. The monoisotopic (exact) mass is 332 g/mol. The van der Waals surface area contributed by atoms with Gasteiger partial charge in [-0.25, -0.2) is 9.37 Å². The molecule has 0 unspecified atom stereocenters. The van der Waals surface area contributed by atoms with Crippen LogP contribution in [0, 0.1) is 16.3 Å². The van der Waals surface area contributed by atoms with Gasteiger partial charge in [-0.2, -0.15) is 0 Å². The molecule has 0 aliphatic carbocycles. The number of aromatic nitrogens is 2. The van der Waals surface area contributed by atoms with Crippen LogP contribution in [-0.2, 0) is 4.74 Å². The maximum atomic E-state index is 13.5. The highest BCUT2D eigenvalue weighted by Crippen LogP contribution is 2.27. The van der Waals surface area contributed by atoms with Crippen molar-refractivity contribution in [3.05, 3.63) is 27.3 Å². The zero-order valence-corrected chi connectivity index (χ0v) is 10.9. The average Bonchev–Trinajstić information content (AvgIpc) is 2.43. The molecule has 3 rings (SSSR count). The van der Waals surface area contributed by atoms with Gasteiger partial charge < -0.3 is 9.30 Å². The van der Waals surface area contributed by atoms with E-state index >= 15 is 0 Å². The third-order valence-electron chi connectivity index (χ3n) is 2.89. The summed E-state index contributed by atoms with van der Waals surface area (Å²) < 4.78 is 21.4. The fourth-order valence-corrected chi connectivity index (χ4v) is 2.49. The minimum Gasteiger partial charge on any atom is -0.377 e. The van der Waals surface area contributed by atoms with E-state index in [0.29, 0.717) is 22.8 Å². The minimum atomic E-state index is -0.186. The van der Waals surface area contributed by atoms with E-state index in [4.69, 9.17) is 4.74 Å². The van der Waals surface area contributed by atoms with Gasteiger partial charge in [-0.1, -0.05) is 0 Å². The van der Waals surface area contributed by atoms with Crippen LogP contribution in [0.2, 0.25) is 0 Å². The molecule has 1 aliphatic heterocycles. The molecule has 0 saturated carbocycles. The van der Waals surface area contributed by atoms with Crippen molar-refractivity contribution in [2.75, 3.05) is 13.2 Å². The van der Waals surface area contributed by atoms with Crippen molar-refractivity contribution in [2.45, 2.75) is 13.0 Å². The fraction of sp³-hybridized carbons (Fsp3) is 0.364. The van der Waals surface area contributed by atoms with Gasteiger partial charge in [0.1, 0.15) is 11.6 Å². The average molecular weight is 332 g/mol. The Morgan fingerprint density at radius 2 is 2.25 bits per heavy atom. The Bertz CT molecular complexity index is 563. The van der Waals surface area contributed by atoms with Crippen LogP contribution in [0.25, 0.3) is 11.0 Å². The van der Waals surface area contributed by atoms with E-state index in [1.54, 1.807) is 12.1 Å². The third-order valence-corrected chi connectivity index (χ3v) is 3.72. The van der Waals surface area contributed by atoms with Crippen molar-refractivity contribution in [3.8, 4) is 0 Å². The number of rotatable bonds is 1. The number of halogens is 2. The lowest BCUT2D eigenvalue weighted by Gasteiger charge is -2.28. The molecule has 1 aromatic heterocycles. The fourth-order valence-electron chi connectivity index (χ4n) is 2.04. The largest absolute Gasteiger partial charge is 0.377 e. The lowest BCUT2D eigenvalue weighted by Crippen LogP contribution is -2.31. The summed E-state index contributed by atoms with van der Waals surface area (Å²) in [6.07, 6.45) is 0. The molecule has 0 N–H and O–H groups in total. The molecular formula is C11H10FIN2O. The number of nitrogens with zero attached hydrogens (tertiary/aromatic N) is 2. The number of aryl methyl sites for hydroxylation is 1.